The molecule has 1 aliphatic rings. The molecule has 21 heavy (non-hydrogen) atoms. The highest BCUT2D eigenvalue weighted by Gasteiger charge is 2.12. The fourth-order valence-corrected chi connectivity index (χ4v) is 2.09. The number of hydrogen-bond acceptors (Lipinski definition) is 6. The van der Waals surface area contributed by atoms with Crippen LogP contribution in [0.15, 0.2) is 24.4 Å². The highest BCUT2D eigenvalue weighted by Crippen LogP contribution is 2.32. The summed E-state index contributed by atoms with van der Waals surface area (Å²) in [6.07, 6.45) is 1.92. The van der Waals surface area contributed by atoms with Gasteiger partial charge >= 0.3 is 0 Å². The molecule has 0 amide bonds. The molecule has 7 nitrogen and oxygen atoms in total. The summed E-state index contributed by atoms with van der Waals surface area (Å²) in [5.74, 6) is 1.57. The molecule has 2 aromatic rings. The van der Waals surface area contributed by atoms with Crippen LogP contribution in [0, 0.1) is 0 Å². The van der Waals surface area contributed by atoms with Crippen molar-refractivity contribution in [2.24, 2.45) is 0 Å². The molecule has 3 rings (SSSR count). The Bertz CT molecular complexity index is 600. The van der Waals surface area contributed by atoms with E-state index in [2.05, 4.69) is 15.6 Å². The average molecular weight is 290 g/mol. The van der Waals surface area contributed by atoms with E-state index < -0.39 is 0 Å². The fraction of sp³-hybridized carbons (Fsp3) is 0.429. The Morgan fingerprint density at radius 3 is 3.14 bits per heavy atom. The predicted molar refractivity (Wildman–Crippen MR) is 75.0 cm³/mol. The molecule has 0 bridgehead atoms. The molecule has 0 saturated carbocycles. The van der Waals surface area contributed by atoms with Crippen LogP contribution in [0.2, 0.25) is 0 Å². The van der Waals surface area contributed by atoms with Gasteiger partial charge in [-0.05, 0) is 24.7 Å². The largest absolute Gasteiger partial charge is 0.454 e. The van der Waals surface area contributed by atoms with E-state index in [1.54, 1.807) is 4.68 Å². The first kappa shape index (κ1) is 13.8. The Balaban J connectivity index is 1.43. The molecule has 7 heteroatoms. The van der Waals surface area contributed by atoms with Crippen molar-refractivity contribution < 1.29 is 14.2 Å². The fourth-order valence-electron chi connectivity index (χ4n) is 2.09. The van der Waals surface area contributed by atoms with Gasteiger partial charge in [-0.15, -0.1) is 5.10 Å². The lowest BCUT2D eigenvalue weighted by atomic mass is 10.2. The number of hydrogen-bond donors (Lipinski definition) is 1. The van der Waals surface area contributed by atoms with Crippen molar-refractivity contribution in [2.75, 3.05) is 20.4 Å². The van der Waals surface area contributed by atoms with E-state index in [0.717, 1.165) is 29.3 Å². The Hall–Kier alpha value is -2.12. The minimum atomic E-state index is 0.293. The molecule has 0 aliphatic carbocycles. The van der Waals surface area contributed by atoms with Gasteiger partial charge in [-0.3, -0.25) is 0 Å². The van der Waals surface area contributed by atoms with Crippen LogP contribution >= 0.6 is 0 Å². The zero-order chi connectivity index (χ0) is 14.5. The minimum Gasteiger partial charge on any atom is -0.454 e. The van der Waals surface area contributed by atoms with Crippen LogP contribution in [0.5, 0.6) is 11.5 Å². The summed E-state index contributed by atoms with van der Waals surface area (Å²) in [6, 6.07) is 5.83. The molecule has 1 aromatic carbocycles. The van der Waals surface area contributed by atoms with Crippen molar-refractivity contribution in [1.29, 1.82) is 0 Å². The monoisotopic (exact) mass is 290 g/mol. The number of nitrogens with zero attached hydrogens (tertiary/aromatic N) is 3. The molecule has 2 heterocycles. The molecule has 0 atom stereocenters. The van der Waals surface area contributed by atoms with Gasteiger partial charge in [0, 0.05) is 12.7 Å². The van der Waals surface area contributed by atoms with E-state index in [4.69, 9.17) is 14.2 Å². The molecule has 0 spiro atoms. The zero-order valence-corrected chi connectivity index (χ0v) is 11.9. The third kappa shape index (κ3) is 3.50. The van der Waals surface area contributed by atoms with Gasteiger partial charge in [0.25, 0.3) is 0 Å². The summed E-state index contributed by atoms with van der Waals surface area (Å²) in [5.41, 5.74) is 1.99. The van der Waals surface area contributed by atoms with Crippen molar-refractivity contribution in [3.05, 3.63) is 35.7 Å². The molecule has 1 N–H and O–H groups in total. The lowest BCUT2D eigenvalue weighted by molar-refractivity contribution is 0.110. The minimum absolute atomic E-state index is 0.293. The number of ether oxygens (including phenoxy) is 3. The highest BCUT2D eigenvalue weighted by molar-refractivity contribution is 5.44. The van der Waals surface area contributed by atoms with Gasteiger partial charge < -0.3 is 19.5 Å². The maximum atomic E-state index is 5.65. The van der Waals surface area contributed by atoms with Crippen molar-refractivity contribution in [3.8, 4) is 11.5 Å². The van der Waals surface area contributed by atoms with E-state index >= 15 is 0 Å². The third-order valence-electron chi connectivity index (χ3n) is 3.11. The van der Waals surface area contributed by atoms with E-state index in [1.165, 1.54) is 0 Å². The maximum Gasteiger partial charge on any atom is 0.231 e. The normalized spacial score (nSPS) is 12.8. The highest BCUT2D eigenvalue weighted by atomic mass is 16.7. The Kier molecular flexibility index (Phi) is 4.32. The first-order valence-electron chi connectivity index (χ1n) is 6.85. The number of rotatable bonds is 7. The maximum absolute atomic E-state index is 5.65. The zero-order valence-electron chi connectivity index (χ0n) is 11.9. The second-order valence-electron chi connectivity index (χ2n) is 4.74. The van der Waals surface area contributed by atoms with Gasteiger partial charge in [-0.2, -0.15) is 0 Å². The van der Waals surface area contributed by atoms with Crippen molar-refractivity contribution >= 4 is 0 Å². The summed E-state index contributed by atoms with van der Waals surface area (Å²) >= 11 is 0. The molecule has 0 saturated heterocycles. The van der Waals surface area contributed by atoms with Crippen LogP contribution in [0.25, 0.3) is 0 Å². The molecule has 0 unspecified atom stereocenters. The van der Waals surface area contributed by atoms with E-state index in [-0.39, 0.29) is 0 Å². The Morgan fingerprint density at radius 2 is 2.24 bits per heavy atom. The molecule has 0 radical (unpaired) electrons. The number of benzene rings is 1. The lowest BCUT2D eigenvalue weighted by Crippen LogP contribution is -2.07. The summed E-state index contributed by atoms with van der Waals surface area (Å²) in [7, 11) is 1.88. The van der Waals surface area contributed by atoms with Gasteiger partial charge in [0.1, 0.15) is 0 Å². The second-order valence-corrected chi connectivity index (χ2v) is 4.74. The van der Waals surface area contributed by atoms with Crippen LogP contribution in [0.4, 0.5) is 0 Å². The van der Waals surface area contributed by atoms with Crippen molar-refractivity contribution in [1.82, 2.24) is 20.3 Å². The molecule has 1 aliphatic heterocycles. The summed E-state index contributed by atoms with van der Waals surface area (Å²) in [5, 5.41) is 11.1. The quantitative estimate of drug-likeness (QED) is 0.765. The van der Waals surface area contributed by atoms with Crippen LogP contribution in [-0.4, -0.2) is 35.4 Å². The Morgan fingerprint density at radius 1 is 1.33 bits per heavy atom. The number of aromatic nitrogens is 3. The summed E-state index contributed by atoms with van der Waals surface area (Å²) in [4.78, 5) is 0. The molecule has 0 fully saturated rings. The van der Waals surface area contributed by atoms with Gasteiger partial charge in [0.2, 0.25) is 6.79 Å². The molecule has 1 aromatic heterocycles. The van der Waals surface area contributed by atoms with E-state index in [0.29, 0.717) is 26.6 Å². The van der Waals surface area contributed by atoms with Crippen LogP contribution in [0.3, 0.4) is 0 Å². The van der Waals surface area contributed by atoms with Crippen molar-refractivity contribution in [2.45, 2.75) is 19.7 Å². The van der Waals surface area contributed by atoms with Gasteiger partial charge in [0.05, 0.1) is 25.5 Å². The topological polar surface area (TPSA) is 70.4 Å². The Labute approximate surface area is 122 Å². The smallest absolute Gasteiger partial charge is 0.231 e. The molecule has 112 valence electrons. The number of fused-ring (bicyclic) bond motifs is 1. The number of nitrogens with one attached hydrogen (secondary N) is 1. The van der Waals surface area contributed by atoms with E-state index in [1.807, 2.05) is 31.4 Å². The predicted octanol–water partition coefficient (Wildman–Crippen LogP) is 0.943. The van der Waals surface area contributed by atoms with Crippen LogP contribution in [-0.2, 0) is 24.4 Å². The van der Waals surface area contributed by atoms with Crippen LogP contribution in [0.1, 0.15) is 11.3 Å². The third-order valence-corrected chi connectivity index (χ3v) is 3.11. The lowest BCUT2D eigenvalue weighted by Gasteiger charge is -2.05. The van der Waals surface area contributed by atoms with Crippen molar-refractivity contribution in [3.63, 3.8) is 0 Å². The SMILES string of the molecule is CNCc1cn(CCOCc2ccc3c(c2)OCO3)nn1. The summed E-state index contributed by atoms with van der Waals surface area (Å²) < 4.78 is 18.0. The first-order valence-corrected chi connectivity index (χ1v) is 6.85. The first-order chi connectivity index (χ1) is 10.3. The average Bonchev–Trinajstić information content (AvgIpc) is 3.12. The van der Waals surface area contributed by atoms with Gasteiger partial charge in [-0.1, -0.05) is 11.3 Å². The van der Waals surface area contributed by atoms with Gasteiger partial charge in [0.15, 0.2) is 11.5 Å². The standard InChI is InChI=1S/C14H18N4O3/c1-15-7-12-8-18(17-16-12)4-5-19-9-11-2-3-13-14(6-11)21-10-20-13/h2-3,6,8,15H,4-5,7,9-10H2,1H3. The van der Waals surface area contributed by atoms with Gasteiger partial charge in [-0.25, -0.2) is 4.68 Å². The summed E-state index contributed by atoms with van der Waals surface area (Å²) in [6.45, 7) is 2.81. The molecular weight excluding hydrogens is 272 g/mol. The van der Waals surface area contributed by atoms with E-state index in [9.17, 15) is 0 Å². The molecular formula is C14H18N4O3. The second kappa shape index (κ2) is 6.55. The van der Waals surface area contributed by atoms with Crippen LogP contribution < -0.4 is 14.8 Å².